The molecule has 78 valence electrons. The van der Waals surface area contributed by atoms with Crippen LogP contribution in [0.5, 0.6) is 0 Å². The lowest BCUT2D eigenvalue weighted by molar-refractivity contribution is 0.0561. The number of alkyl halides is 1. The van der Waals surface area contributed by atoms with Crippen LogP contribution >= 0.6 is 38.9 Å². The second kappa shape index (κ2) is 4.52. The molecule has 0 aromatic carbocycles. The first-order valence-corrected chi connectivity index (χ1v) is 6.82. The molecule has 1 saturated heterocycles. The maximum Gasteiger partial charge on any atom is 0.0931 e. The van der Waals surface area contributed by atoms with Crippen LogP contribution in [0.15, 0.2) is 12.1 Å². The van der Waals surface area contributed by atoms with Crippen LogP contribution in [0, 0.1) is 0 Å². The normalized spacial score (nSPS) is 29.4. The molecule has 0 N–H and O–H groups in total. The molecule has 1 aliphatic rings. The summed E-state index contributed by atoms with van der Waals surface area (Å²) in [6.07, 6.45) is 2.99. The standard InChI is InChI=1S/C10H12BrClOS/c1-6-2-3-7(13-6)10(11)8-4-5-9(12)14-8/h4-7,10H,2-3H2,1H3. The Bertz CT molecular complexity index is 315. The minimum Gasteiger partial charge on any atom is -0.374 e. The average molecular weight is 296 g/mol. The van der Waals surface area contributed by atoms with Crippen molar-refractivity contribution >= 4 is 38.9 Å². The molecule has 0 radical (unpaired) electrons. The highest BCUT2D eigenvalue weighted by atomic mass is 79.9. The summed E-state index contributed by atoms with van der Waals surface area (Å²) in [6, 6.07) is 4.01. The minimum absolute atomic E-state index is 0.296. The smallest absolute Gasteiger partial charge is 0.0931 e. The van der Waals surface area contributed by atoms with E-state index in [2.05, 4.69) is 28.9 Å². The summed E-state index contributed by atoms with van der Waals surface area (Å²) in [5.74, 6) is 0. The summed E-state index contributed by atoms with van der Waals surface area (Å²) >= 11 is 11.2. The van der Waals surface area contributed by atoms with E-state index in [-0.39, 0.29) is 0 Å². The molecule has 1 aliphatic heterocycles. The highest BCUT2D eigenvalue weighted by Gasteiger charge is 2.29. The number of thiophene rings is 1. The van der Waals surface area contributed by atoms with Crippen molar-refractivity contribution in [3.8, 4) is 0 Å². The lowest BCUT2D eigenvalue weighted by atomic mass is 10.1. The van der Waals surface area contributed by atoms with E-state index in [0.29, 0.717) is 17.0 Å². The van der Waals surface area contributed by atoms with E-state index in [1.165, 1.54) is 4.88 Å². The van der Waals surface area contributed by atoms with E-state index in [1.807, 2.05) is 6.07 Å². The molecule has 2 heterocycles. The zero-order valence-corrected chi connectivity index (χ0v) is 11.0. The molecular formula is C10H12BrClOS. The van der Waals surface area contributed by atoms with Gasteiger partial charge in [-0.2, -0.15) is 0 Å². The van der Waals surface area contributed by atoms with Crippen molar-refractivity contribution in [3.05, 3.63) is 21.3 Å². The highest BCUT2D eigenvalue weighted by molar-refractivity contribution is 9.09. The lowest BCUT2D eigenvalue weighted by Crippen LogP contribution is -2.13. The summed E-state index contributed by atoms with van der Waals surface area (Å²) < 4.78 is 6.65. The van der Waals surface area contributed by atoms with Gasteiger partial charge >= 0.3 is 0 Å². The fourth-order valence-corrected chi connectivity index (χ4v) is 3.62. The van der Waals surface area contributed by atoms with Crippen molar-refractivity contribution in [2.24, 2.45) is 0 Å². The minimum atomic E-state index is 0.296. The third-order valence-corrected chi connectivity index (χ3v) is 5.16. The zero-order chi connectivity index (χ0) is 10.1. The second-order valence-electron chi connectivity index (χ2n) is 3.61. The van der Waals surface area contributed by atoms with E-state index < -0.39 is 0 Å². The average Bonchev–Trinajstić information content (AvgIpc) is 2.73. The van der Waals surface area contributed by atoms with Gasteiger partial charge in [-0.15, -0.1) is 11.3 Å². The van der Waals surface area contributed by atoms with Gasteiger partial charge in [0, 0.05) is 4.88 Å². The van der Waals surface area contributed by atoms with Crippen molar-refractivity contribution in [1.82, 2.24) is 0 Å². The van der Waals surface area contributed by atoms with E-state index in [1.54, 1.807) is 11.3 Å². The fraction of sp³-hybridized carbons (Fsp3) is 0.600. The van der Waals surface area contributed by atoms with E-state index in [0.717, 1.165) is 17.2 Å². The van der Waals surface area contributed by atoms with Crippen LogP contribution in [0.4, 0.5) is 0 Å². The Morgan fingerprint density at radius 2 is 2.36 bits per heavy atom. The first-order valence-electron chi connectivity index (χ1n) is 4.71. The maximum absolute atomic E-state index is 5.90. The van der Waals surface area contributed by atoms with Gasteiger partial charge in [0.25, 0.3) is 0 Å². The molecule has 3 atom stereocenters. The predicted octanol–water partition coefficient (Wildman–Crippen LogP) is 4.41. The quantitative estimate of drug-likeness (QED) is 0.735. The molecule has 1 aromatic rings. The number of ether oxygens (including phenoxy) is 1. The molecule has 4 heteroatoms. The zero-order valence-electron chi connectivity index (χ0n) is 7.87. The van der Waals surface area contributed by atoms with Gasteiger partial charge in [-0.1, -0.05) is 27.5 Å². The molecule has 0 aliphatic carbocycles. The molecule has 0 spiro atoms. The van der Waals surface area contributed by atoms with Gasteiger partial charge in [-0.05, 0) is 31.9 Å². The van der Waals surface area contributed by atoms with Crippen LogP contribution in [0.25, 0.3) is 0 Å². The topological polar surface area (TPSA) is 9.23 Å². The maximum atomic E-state index is 5.90. The van der Waals surface area contributed by atoms with Crippen molar-refractivity contribution in [2.45, 2.75) is 36.8 Å². The number of rotatable bonds is 2. The summed E-state index contributed by atoms with van der Waals surface area (Å²) in [6.45, 7) is 2.13. The molecule has 1 aromatic heterocycles. The predicted molar refractivity (Wildman–Crippen MR) is 64.6 cm³/mol. The van der Waals surface area contributed by atoms with Gasteiger partial charge < -0.3 is 4.74 Å². The Hall–Kier alpha value is 0.430. The van der Waals surface area contributed by atoms with Crippen molar-refractivity contribution < 1.29 is 4.74 Å². The van der Waals surface area contributed by atoms with Crippen LogP contribution in [0.3, 0.4) is 0 Å². The van der Waals surface area contributed by atoms with Crippen LogP contribution in [0.2, 0.25) is 4.34 Å². The van der Waals surface area contributed by atoms with E-state index in [9.17, 15) is 0 Å². The number of hydrogen-bond donors (Lipinski definition) is 0. The van der Waals surface area contributed by atoms with Crippen molar-refractivity contribution in [1.29, 1.82) is 0 Å². The van der Waals surface area contributed by atoms with Crippen LogP contribution in [0.1, 0.15) is 29.5 Å². The summed E-state index contributed by atoms with van der Waals surface area (Å²) in [5.41, 5.74) is 0. The highest BCUT2D eigenvalue weighted by Crippen LogP contribution is 2.39. The largest absolute Gasteiger partial charge is 0.374 e. The molecule has 3 unspecified atom stereocenters. The Balaban J connectivity index is 2.05. The van der Waals surface area contributed by atoms with Gasteiger partial charge in [-0.25, -0.2) is 0 Å². The van der Waals surface area contributed by atoms with E-state index in [4.69, 9.17) is 16.3 Å². The Morgan fingerprint density at radius 1 is 1.57 bits per heavy atom. The first kappa shape index (κ1) is 10.9. The Labute approximate surface area is 102 Å². The van der Waals surface area contributed by atoms with Gasteiger partial charge in [-0.3, -0.25) is 0 Å². The number of halogens is 2. The van der Waals surface area contributed by atoms with Crippen molar-refractivity contribution in [2.75, 3.05) is 0 Å². The molecule has 0 amide bonds. The van der Waals surface area contributed by atoms with Gasteiger partial charge in [0.05, 0.1) is 21.4 Å². The van der Waals surface area contributed by atoms with Crippen LogP contribution in [-0.2, 0) is 4.74 Å². The molecule has 1 nitrogen and oxygen atoms in total. The first-order chi connectivity index (χ1) is 6.66. The molecule has 0 saturated carbocycles. The molecule has 1 fully saturated rings. The molecule has 14 heavy (non-hydrogen) atoms. The second-order valence-corrected chi connectivity index (χ2v) is 6.34. The molecule has 0 bridgehead atoms. The van der Waals surface area contributed by atoms with Crippen molar-refractivity contribution in [3.63, 3.8) is 0 Å². The lowest BCUT2D eigenvalue weighted by Gasteiger charge is -2.16. The third kappa shape index (κ3) is 2.32. The summed E-state index contributed by atoms with van der Waals surface area (Å²) in [4.78, 5) is 1.55. The van der Waals surface area contributed by atoms with Crippen LogP contribution in [-0.4, -0.2) is 12.2 Å². The van der Waals surface area contributed by atoms with Gasteiger partial charge in [0.15, 0.2) is 0 Å². The summed E-state index contributed by atoms with van der Waals surface area (Å²) in [5, 5.41) is 0. The fourth-order valence-electron chi connectivity index (χ4n) is 1.71. The van der Waals surface area contributed by atoms with Crippen LogP contribution < -0.4 is 0 Å². The Kier molecular flexibility index (Phi) is 3.53. The number of hydrogen-bond acceptors (Lipinski definition) is 2. The van der Waals surface area contributed by atoms with Gasteiger partial charge in [0.1, 0.15) is 0 Å². The SMILES string of the molecule is CC1CCC(C(Br)c2ccc(Cl)s2)O1. The monoisotopic (exact) mass is 294 g/mol. The molecule has 2 rings (SSSR count). The third-order valence-electron chi connectivity index (χ3n) is 2.46. The van der Waals surface area contributed by atoms with Gasteiger partial charge in [0.2, 0.25) is 0 Å². The Morgan fingerprint density at radius 3 is 2.86 bits per heavy atom. The van der Waals surface area contributed by atoms with E-state index >= 15 is 0 Å². The summed E-state index contributed by atoms with van der Waals surface area (Å²) in [7, 11) is 0. The molecular weight excluding hydrogens is 284 g/mol.